The van der Waals surface area contributed by atoms with Crippen LogP contribution in [0.25, 0.3) is 6.15 Å². The molecule has 0 saturated heterocycles. The Morgan fingerprint density at radius 3 is 0.467 bits per heavy atom. The molecule has 0 aliphatic heterocycles. The maximum Gasteiger partial charge on any atom is 3.00 e. The van der Waals surface area contributed by atoms with Crippen molar-refractivity contribution in [3.63, 3.8) is 0 Å². The molecule has 0 aliphatic rings. The van der Waals surface area contributed by atoms with Crippen LogP contribution in [-0.4, -0.2) is 0 Å². The first-order chi connectivity index (χ1) is 5.00. The van der Waals surface area contributed by atoms with E-state index in [1.165, 1.54) is 0 Å². The van der Waals surface area contributed by atoms with Crippen LogP contribution < -0.4 is 65.3 Å². The summed E-state index contributed by atoms with van der Waals surface area (Å²) in [5.74, 6) is 0. The minimum Gasteiger partial charge on any atom is -0.693 e. The summed E-state index contributed by atoms with van der Waals surface area (Å²) in [5.41, 5.74) is 0. The van der Waals surface area contributed by atoms with Gasteiger partial charge in [-0.15, -0.1) is 0 Å². The van der Waals surface area contributed by atoms with E-state index in [2.05, 4.69) is 0 Å². The molecule has 0 unspecified atom stereocenters. The van der Waals surface area contributed by atoms with E-state index in [0.29, 0.717) is 0 Å². The zero-order valence-electron chi connectivity index (χ0n) is 8.67. The van der Waals surface area contributed by atoms with Gasteiger partial charge in [-0.05, 0) is 0 Å². The molecular formula is C5H6FeN7Na2. The van der Waals surface area contributed by atoms with Crippen LogP contribution in [0.4, 0.5) is 0 Å². The third-order valence-electron chi connectivity index (χ3n) is 0. The summed E-state index contributed by atoms with van der Waals surface area (Å²) < 4.78 is 0. The Labute approximate surface area is 146 Å². The topological polar surface area (TPSA) is 189 Å². The fraction of sp³-hybridized carbons (Fsp3) is 0. The fourth-order valence-corrected chi connectivity index (χ4v) is 0. The average molecular weight is 266 g/mol. The van der Waals surface area contributed by atoms with Crippen LogP contribution in [0.5, 0.6) is 0 Å². The van der Waals surface area contributed by atoms with Gasteiger partial charge in [-0.1, -0.05) is 0 Å². The Morgan fingerprint density at radius 2 is 0.467 bits per heavy atom. The molecule has 0 aliphatic carbocycles. The van der Waals surface area contributed by atoms with Crippen LogP contribution >= 0.6 is 0 Å². The second-order valence-electron chi connectivity index (χ2n) is 0. The third kappa shape index (κ3) is 161000. The SMILES string of the molecule is [C-]#N.[C-]#N.[C-]#N.[C-]#N.[C-]#N.[Fe+3].[NH2-].[NH4+].[Na+].[Na+]. The molecule has 71 valence electrons. The Kier molecular flexibility index (Phi) is 1510000. The van der Waals surface area contributed by atoms with Crippen molar-refractivity contribution in [2.24, 2.45) is 0 Å². The van der Waals surface area contributed by atoms with Crippen molar-refractivity contribution in [3.8, 4) is 0 Å². The number of nitrogens with zero attached hydrogens (tertiary/aromatic N) is 5. The van der Waals surface area contributed by atoms with Crippen molar-refractivity contribution < 1.29 is 76.2 Å². The average Bonchev–Trinajstić information content (AvgIpc) is 2.20. The molecule has 0 atom stereocenters. The predicted octanol–water partition coefficient (Wildman–Crippen LogP) is -4.42. The largest absolute Gasteiger partial charge is 3.00 e. The van der Waals surface area contributed by atoms with Crippen molar-refractivity contribution in [1.29, 1.82) is 26.3 Å². The van der Waals surface area contributed by atoms with Gasteiger partial charge >= 0.3 is 76.2 Å². The molecule has 0 bridgehead atoms. The third-order valence-corrected chi connectivity index (χ3v) is 0. The van der Waals surface area contributed by atoms with Crippen LogP contribution in [0.2, 0.25) is 0 Å². The Balaban J connectivity index is -0.00000000240. The van der Waals surface area contributed by atoms with Crippen molar-refractivity contribution in [2.75, 3.05) is 0 Å². The molecule has 0 aromatic heterocycles. The molecule has 15 heavy (non-hydrogen) atoms. The predicted molar refractivity (Wildman–Crippen MR) is 36.1 cm³/mol. The van der Waals surface area contributed by atoms with E-state index in [-0.39, 0.29) is 88.5 Å². The number of nitrogens with two attached hydrogens (primary N) is 1. The van der Waals surface area contributed by atoms with Gasteiger partial charge in [0.15, 0.2) is 0 Å². The molecule has 0 heterocycles. The Bertz CT molecular complexity index is 83.9. The Hall–Kier alpha value is -0.111. The van der Waals surface area contributed by atoms with E-state index in [1.54, 1.807) is 0 Å². The summed E-state index contributed by atoms with van der Waals surface area (Å²) in [5, 5.41) is 31.2. The molecule has 0 fully saturated rings. The van der Waals surface area contributed by atoms with Crippen LogP contribution in [0.3, 0.4) is 0 Å². The summed E-state index contributed by atoms with van der Waals surface area (Å²) >= 11 is 0. The smallest absolute Gasteiger partial charge is 0.693 e. The van der Waals surface area contributed by atoms with E-state index in [9.17, 15) is 0 Å². The molecule has 7 nitrogen and oxygen atoms in total. The summed E-state index contributed by atoms with van der Waals surface area (Å²) in [4.78, 5) is 0. The minimum absolute atomic E-state index is 0. The monoisotopic (exact) mass is 266 g/mol. The zero-order valence-corrected chi connectivity index (χ0v) is 13.8. The Morgan fingerprint density at radius 1 is 0.467 bits per heavy atom. The van der Waals surface area contributed by atoms with Crippen molar-refractivity contribution in [1.82, 2.24) is 6.15 Å². The molecule has 0 spiro atoms. The summed E-state index contributed by atoms with van der Waals surface area (Å²) in [6.45, 7) is 23.8. The van der Waals surface area contributed by atoms with Gasteiger partial charge < -0.3 is 71.5 Å². The van der Waals surface area contributed by atoms with Gasteiger partial charge in [-0.3, -0.25) is 0 Å². The molecule has 0 rings (SSSR count). The summed E-state index contributed by atoms with van der Waals surface area (Å²) in [7, 11) is 0. The van der Waals surface area contributed by atoms with E-state index in [0.717, 1.165) is 0 Å². The summed E-state index contributed by atoms with van der Waals surface area (Å²) in [6, 6.07) is 0. The van der Waals surface area contributed by atoms with Crippen LogP contribution in [-0.2, 0) is 17.1 Å². The van der Waals surface area contributed by atoms with E-state index in [4.69, 9.17) is 59.2 Å². The molecule has 10 heteroatoms. The molecule has 0 amide bonds. The van der Waals surface area contributed by atoms with Crippen LogP contribution in [0, 0.1) is 59.2 Å². The van der Waals surface area contributed by atoms with Crippen molar-refractivity contribution in [2.45, 2.75) is 0 Å². The molecule has 0 aromatic rings. The molecule has 1 radical (unpaired) electrons. The molecule has 6 N–H and O–H groups in total. The maximum absolute atomic E-state index is 6.25. The quantitative estimate of drug-likeness (QED) is 0.341. The minimum atomic E-state index is 0. The molecule has 0 aromatic carbocycles. The van der Waals surface area contributed by atoms with E-state index in [1.807, 2.05) is 0 Å². The van der Waals surface area contributed by atoms with Gasteiger partial charge in [-0.2, -0.15) is 0 Å². The normalized spacial score (nSPS) is 0.667. The van der Waals surface area contributed by atoms with Gasteiger partial charge in [0.05, 0.1) is 0 Å². The number of quaternary nitrogens is 1. The van der Waals surface area contributed by atoms with E-state index >= 15 is 0 Å². The first-order valence-corrected chi connectivity index (χ1v) is 1.12. The number of rotatable bonds is 0. The first-order valence-electron chi connectivity index (χ1n) is 1.12. The first kappa shape index (κ1) is 120. The van der Waals surface area contributed by atoms with Gasteiger partial charge in [0.2, 0.25) is 0 Å². The van der Waals surface area contributed by atoms with Crippen molar-refractivity contribution >= 4 is 0 Å². The molecular weight excluding hydrogens is 260 g/mol. The van der Waals surface area contributed by atoms with Crippen molar-refractivity contribution in [3.05, 3.63) is 39.0 Å². The molecule has 0 saturated carbocycles. The van der Waals surface area contributed by atoms with E-state index < -0.39 is 0 Å². The zero-order chi connectivity index (χ0) is 10.0. The second kappa shape index (κ2) is 189000. The number of hydrogen-bond donors (Lipinski definition) is 1. The maximum atomic E-state index is 6.25. The van der Waals surface area contributed by atoms with Gasteiger partial charge in [0.25, 0.3) is 0 Å². The summed E-state index contributed by atoms with van der Waals surface area (Å²) in [6.07, 6.45) is 0. The van der Waals surface area contributed by atoms with Gasteiger partial charge in [0.1, 0.15) is 0 Å². The fourth-order valence-electron chi connectivity index (χ4n) is 0. The standard InChI is InChI=1S/5CN.Fe.H3N.H2N.2Na/c5*1-2;;;;;/h;;;;;;1H3;1H2;;/q5*-1;+3;;-1;2*+1/p+1. The van der Waals surface area contributed by atoms with Gasteiger partial charge in [0, 0.05) is 0 Å². The second-order valence-corrected chi connectivity index (χ2v) is 0. The number of hydrogen-bond acceptors (Lipinski definition) is 5. The van der Waals surface area contributed by atoms with Crippen LogP contribution in [0.1, 0.15) is 0 Å². The van der Waals surface area contributed by atoms with Crippen LogP contribution in [0.15, 0.2) is 0 Å². The van der Waals surface area contributed by atoms with Gasteiger partial charge in [-0.25, -0.2) is 0 Å².